The smallest absolute Gasteiger partial charge is 0.252 e. The summed E-state index contributed by atoms with van der Waals surface area (Å²) in [5, 5.41) is 3.60. The van der Waals surface area contributed by atoms with Gasteiger partial charge < -0.3 is 5.32 Å². The lowest BCUT2D eigenvalue weighted by molar-refractivity contribution is -0.138. The quantitative estimate of drug-likeness (QED) is 0.854. The van der Waals surface area contributed by atoms with Crippen molar-refractivity contribution in [2.75, 3.05) is 11.9 Å². The Bertz CT molecular complexity index is 502. The van der Waals surface area contributed by atoms with E-state index in [-0.39, 0.29) is 18.2 Å². The summed E-state index contributed by atoms with van der Waals surface area (Å²) in [5.41, 5.74) is 1.74. The van der Waals surface area contributed by atoms with E-state index in [0.29, 0.717) is 17.3 Å². The molecule has 1 N–H and O–H groups in total. The topological polar surface area (TPSA) is 49.4 Å². The Balaban J connectivity index is 2.15. The maximum Gasteiger partial charge on any atom is 0.252 e. The van der Waals surface area contributed by atoms with Crippen molar-refractivity contribution < 1.29 is 9.59 Å². The van der Waals surface area contributed by atoms with Crippen molar-refractivity contribution in [3.63, 3.8) is 0 Å². The zero-order valence-corrected chi connectivity index (χ0v) is 11.1. The van der Waals surface area contributed by atoms with Gasteiger partial charge in [-0.1, -0.05) is 17.7 Å². The molecule has 2 amide bonds. The summed E-state index contributed by atoms with van der Waals surface area (Å²) >= 11 is 6.09. The molecule has 1 fully saturated rings. The summed E-state index contributed by atoms with van der Waals surface area (Å²) in [6.45, 7) is 4.15. The minimum Gasteiger partial charge on any atom is -0.372 e. The first-order valence-corrected chi connectivity index (χ1v) is 6.27. The second kappa shape index (κ2) is 4.98. The fourth-order valence-corrected chi connectivity index (χ4v) is 2.34. The summed E-state index contributed by atoms with van der Waals surface area (Å²) in [6.07, 6.45) is 0.191. The van der Waals surface area contributed by atoms with Gasteiger partial charge in [0.1, 0.15) is 6.04 Å². The standard InChI is InChI=1S/C13H15ClN2O2/c1-3-16-12(17)7-11(13(16)18)15-10-5-4-8(2)6-9(10)14/h4-6,11,15H,3,7H2,1-2H3. The summed E-state index contributed by atoms with van der Waals surface area (Å²) in [7, 11) is 0. The minimum absolute atomic E-state index is 0.136. The van der Waals surface area contributed by atoms with Crippen LogP contribution in [0.25, 0.3) is 0 Å². The molecule has 0 saturated carbocycles. The molecule has 0 aliphatic carbocycles. The maximum absolute atomic E-state index is 11.9. The lowest BCUT2D eigenvalue weighted by atomic mass is 10.2. The number of hydrogen-bond acceptors (Lipinski definition) is 3. The predicted octanol–water partition coefficient (Wildman–Crippen LogP) is 2.21. The molecule has 1 aromatic carbocycles. The van der Waals surface area contributed by atoms with Crippen LogP contribution in [-0.2, 0) is 9.59 Å². The zero-order chi connectivity index (χ0) is 13.3. The van der Waals surface area contributed by atoms with E-state index in [0.717, 1.165) is 5.56 Å². The van der Waals surface area contributed by atoms with Crippen molar-refractivity contribution in [2.45, 2.75) is 26.3 Å². The van der Waals surface area contributed by atoms with Crippen LogP contribution < -0.4 is 5.32 Å². The molecule has 5 heteroatoms. The van der Waals surface area contributed by atoms with Gasteiger partial charge in [-0.05, 0) is 31.5 Å². The molecule has 0 radical (unpaired) electrons. The SMILES string of the molecule is CCN1C(=O)CC(Nc2ccc(C)cc2Cl)C1=O. The summed E-state index contributed by atoms with van der Waals surface area (Å²) in [5.74, 6) is -0.317. The number of likely N-dealkylation sites (N-methyl/N-ethyl adjacent to an activating group) is 1. The number of halogens is 1. The summed E-state index contributed by atoms with van der Waals surface area (Å²) in [4.78, 5) is 24.8. The summed E-state index contributed by atoms with van der Waals surface area (Å²) in [6, 6.07) is 5.05. The number of rotatable bonds is 3. The van der Waals surface area contributed by atoms with Crippen molar-refractivity contribution in [1.29, 1.82) is 0 Å². The fourth-order valence-electron chi connectivity index (χ4n) is 2.05. The highest BCUT2D eigenvalue weighted by molar-refractivity contribution is 6.33. The minimum atomic E-state index is -0.502. The molecule has 96 valence electrons. The normalized spacial score (nSPS) is 19.5. The van der Waals surface area contributed by atoms with E-state index in [2.05, 4.69) is 5.32 Å². The molecule has 2 rings (SSSR count). The Morgan fingerprint density at radius 2 is 2.17 bits per heavy atom. The number of carbonyl (C=O) groups is 2. The highest BCUT2D eigenvalue weighted by Gasteiger charge is 2.37. The van der Waals surface area contributed by atoms with E-state index in [1.165, 1.54) is 4.90 Å². The number of amides is 2. The first kappa shape index (κ1) is 12.9. The van der Waals surface area contributed by atoms with E-state index >= 15 is 0 Å². The van der Waals surface area contributed by atoms with Crippen LogP contribution in [0.1, 0.15) is 18.9 Å². The van der Waals surface area contributed by atoms with E-state index in [1.807, 2.05) is 25.1 Å². The number of nitrogens with zero attached hydrogens (tertiary/aromatic N) is 1. The molecule has 1 aliphatic heterocycles. The molecular weight excluding hydrogens is 252 g/mol. The van der Waals surface area contributed by atoms with Crippen LogP contribution in [0.4, 0.5) is 5.69 Å². The van der Waals surface area contributed by atoms with Gasteiger partial charge in [0.2, 0.25) is 5.91 Å². The van der Waals surface area contributed by atoms with Crippen LogP contribution in [0.15, 0.2) is 18.2 Å². The lowest BCUT2D eigenvalue weighted by Crippen LogP contribution is -2.34. The van der Waals surface area contributed by atoms with Gasteiger partial charge in [0.05, 0.1) is 17.1 Å². The van der Waals surface area contributed by atoms with E-state index in [1.54, 1.807) is 6.92 Å². The number of hydrogen-bond donors (Lipinski definition) is 1. The molecule has 1 aliphatic rings. The molecule has 1 atom stereocenters. The molecular formula is C13H15ClN2O2. The van der Waals surface area contributed by atoms with Crippen molar-refractivity contribution >= 4 is 29.1 Å². The van der Waals surface area contributed by atoms with Crippen LogP contribution >= 0.6 is 11.6 Å². The largest absolute Gasteiger partial charge is 0.372 e. The first-order chi connectivity index (χ1) is 8.52. The predicted molar refractivity (Wildman–Crippen MR) is 70.6 cm³/mol. The highest BCUT2D eigenvalue weighted by atomic mass is 35.5. The Hall–Kier alpha value is -1.55. The molecule has 0 bridgehead atoms. The van der Waals surface area contributed by atoms with Crippen LogP contribution in [-0.4, -0.2) is 29.3 Å². The Kier molecular flexibility index (Phi) is 3.57. The third-order valence-corrected chi connectivity index (χ3v) is 3.33. The van der Waals surface area contributed by atoms with Crippen LogP contribution in [0.5, 0.6) is 0 Å². The van der Waals surface area contributed by atoms with Gasteiger partial charge in [-0.3, -0.25) is 14.5 Å². The number of anilines is 1. The lowest BCUT2D eigenvalue weighted by Gasteiger charge is -2.15. The second-order valence-electron chi connectivity index (χ2n) is 4.36. The zero-order valence-electron chi connectivity index (χ0n) is 10.4. The van der Waals surface area contributed by atoms with Gasteiger partial charge in [-0.15, -0.1) is 0 Å². The molecule has 0 spiro atoms. The van der Waals surface area contributed by atoms with Gasteiger partial charge in [-0.25, -0.2) is 0 Å². The monoisotopic (exact) mass is 266 g/mol. The average Bonchev–Trinajstić information content (AvgIpc) is 2.58. The van der Waals surface area contributed by atoms with Gasteiger partial charge in [0.15, 0.2) is 0 Å². The molecule has 0 aromatic heterocycles. The third-order valence-electron chi connectivity index (χ3n) is 3.01. The summed E-state index contributed by atoms with van der Waals surface area (Å²) < 4.78 is 0. The third kappa shape index (κ3) is 2.34. The number of benzene rings is 1. The number of nitrogens with one attached hydrogen (secondary N) is 1. The van der Waals surface area contributed by atoms with Gasteiger partial charge >= 0.3 is 0 Å². The fraction of sp³-hybridized carbons (Fsp3) is 0.385. The van der Waals surface area contributed by atoms with E-state index in [9.17, 15) is 9.59 Å². The van der Waals surface area contributed by atoms with Crippen molar-refractivity contribution in [3.8, 4) is 0 Å². The Morgan fingerprint density at radius 1 is 1.44 bits per heavy atom. The van der Waals surface area contributed by atoms with E-state index < -0.39 is 6.04 Å². The van der Waals surface area contributed by atoms with E-state index in [4.69, 9.17) is 11.6 Å². The number of imide groups is 1. The Morgan fingerprint density at radius 3 is 2.72 bits per heavy atom. The molecule has 1 aromatic rings. The van der Waals surface area contributed by atoms with Gasteiger partial charge in [-0.2, -0.15) is 0 Å². The van der Waals surface area contributed by atoms with Crippen molar-refractivity contribution in [1.82, 2.24) is 4.90 Å². The maximum atomic E-state index is 11.9. The first-order valence-electron chi connectivity index (χ1n) is 5.89. The molecule has 4 nitrogen and oxygen atoms in total. The van der Waals surface area contributed by atoms with Crippen LogP contribution in [0.3, 0.4) is 0 Å². The second-order valence-corrected chi connectivity index (χ2v) is 4.77. The number of carbonyl (C=O) groups excluding carboxylic acids is 2. The van der Waals surface area contributed by atoms with Gasteiger partial charge in [0, 0.05) is 6.54 Å². The van der Waals surface area contributed by atoms with Crippen molar-refractivity contribution in [2.24, 2.45) is 0 Å². The number of aryl methyl sites for hydroxylation is 1. The molecule has 1 heterocycles. The van der Waals surface area contributed by atoms with Crippen LogP contribution in [0, 0.1) is 6.92 Å². The molecule has 1 unspecified atom stereocenters. The molecule has 1 saturated heterocycles. The highest BCUT2D eigenvalue weighted by Crippen LogP contribution is 2.26. The number of likely N-dealkylation sites (tertiary alicyclic amines) is 1. The van der Waals surface area contributed by atoms with Gasteiger partial charge in [0.25, 0.3) is 5.91 Å². The van der Waals surface area contributed by atoms with Crippen LogP contribution in [0.2, 0.25) is 5.02 Å². The Labute approximate surface area is 111 Å². The molecule has 18 heavy (non-hydrogen) atoms. The average molecular weight is 267 g/mol. The van der Waals surface area contributed by atoms with Crippen molar-refractivity contribution in [3.05, 3.63) is 28.8 Å².